The lowest BCUT2D eigenvalue weighted by Gasteiger charge is -1.94. The minimum absolute atomic E-state index is 0.0276. The van der Waals surface area contributed by atoms with Crippen molar-refractivity contribution in [3.05, 3.63) is 41.7 Å². The summed E-state index contributed by atoms with van der Waals surface area (Å²) in [4.78, 5) is 0. The molecular weight excluding hydrogens is 165 g/mol. The van der Waals surface area contributed by atoms with E-state index in [-0.39, 0.29) is 17.8 Å². The van der Waals surface area contributed by atoms with Gasteiger partial charge in [0, 0.05) is 12.0 Å². The van der Waals surface area contributed by atoms with Crippen molar-refractivity contribution in [3.8, 4) is 0 Å². The van der Waals surface area contributed by atoms with Crippen LogP contribution in [0.3, 0.4) is 0 Å². The maximum Gasteiger partial charge on any atom is 0.105 e. The lowest BCUT2D eigenvalue weighted by Crippen LogP contribution is -2.01. The Morgan fingerprint density at radius 1 is 1.38 bits per heavy atom. The van der Waals surface area contributed by atoms with Gasteiger partial charge in [-0.05, 0) is 18.1 Å². The molecule has 0 bridgehead atoms. The highest BCUT2D eigenvalue weighted by atomic mass is 19.1. The minimum atomic E-state index is -0.0845. The third-order valence-electron chi connectivity index (χ3n) is 2.30. The summed E-state index contributed by atoms with van der Waals surface area (Å²) in [5, 5.41) is 0. The second-order valence-corrected chi connectivity index (χ2v) is 3.45. The van der Waals surface area contributed by atoms with Crippen LogP contribution in [0.5, 0.6) is 0 Å². The molecule has 0 radical (unpaired) electrons. The van der Waals surface area contributed by atoms with Crippen molar-refractivity contribution in [1.29, 1.82) is 0 Å². The first-order valence-corrected chi connectivity index (χ1v) is 4.45. The zero-order chi connectivity index (χ0) is 9.26. The summed E-state index contributed by atoms with van der Waals surface area (Å²) in [6, 6.07) is 9.51. The van der Waals surface area contributed by atoms with Gasteiger partial charge in [0.25, 0.3) is 0 Å². The molecule has 1 fully saturated rings. The maximum atomic E-state index is 13.3. The molecule has 2 rings (SSSR count). The Bertz CT molecular complexity index is 318. The van der Waals surface area contributed by atoms with Crippen molar-refractivity contribution in [3.63, 3.8) is 0 Å². The molecule has 1 aromatic carbocycles. The van der Waals surface area contributed by atoms with Gasteiger partial charge < -0.3 is 5.73 Å². The summed E-state index contributed by atoms with van der Waals surface area (Å²) in [5.41, 5.74) is 6.44. The average molecular weight is 177 g/mol. The normalized spacial score (nSPS) is 27.4. The van der Waals surface area contributed by atoms with E-state index >= 15 is 0 Å². The first-order valence-electron chi connectivity index (χ1n) is 4.45. The molecule has 2 unspecified atom stereocenters. The Hall–Kier alpha value is -1.15. The smallest absolute Gasteiger partial charge is 0.105 e. The zero-order valence-electron chi connectivity index (χ0n) is 7.28. The van der Waals surface area contributed by atoms with Crippen LogP contribution in [0.15, 0.2) is 36.2 Å². The van der Waals surface area contributed by atoms with Crippen LogP contribution in [0.25, 0.3) is 6.08 Å². The molecule has 1 nitrogen and oxygen atoms in total. The van der Waals surface area contributed by atoms with Gasteiger partial charge in [-0.2, -0.15) is 0 Å². The molecule has 0 spiro atoms. The highest BCUT2D eigenvalue weighted by Gasteiger charge is 2.37. The topological polar surface area (TPSA) is 26.0 Å². The van der Waals surface area contributed by atoms with Crippen LogP contribution in [0.4, 0.5) is 4.39 Å². The predicted octanol–water partition coefficient (Wildman–Crippen LogP) is 2.34. The lowest BCUT2D eigenvalue weighted by molar-refractivity contribution is 0.578. The molecule has 1 aliphatic rings. The Kier molecular flexibility index (Phi) is 2.15. The number of halogens is 1. The molecule has 0 aromatic heterocycles. The molecule has 2 atom stereocenters. The van der Waals surface area contributed by atoms with Gasteiger partial charge in [-0.1, -0.05) is 30.3 Å². The van der Waals surface area contributed by atoms with E-state index in [0.29, 0.717) is 0 Å². The third-order valence-corrected chi connectivity index (χ3v) is 2.30. The fraction of sp³-hybridized carbons (Fsp3) is 0.273. The van der Waals surface area contributed by atoms with Crippen molar-refractivity contribution in [2.75, 3.05) is 0 Å². The second kappa shape index (κ2) is 3.30. The van der Waals surface area contributed by atoms with Crippen molar-refractivity contribution < 1.29 is 4.39 Å². The van der Waals surface area contributed by atoms with Gasteiger partial charge in [0.2, 0.25) is 0 Å². The summed E-state index contributed by atoms with van der Waals surface area (Å²) in [6.45, 7) is 0. The van der Waals surface area contributed by atoms with E-state index in [1.165, 1.54) is 0 Å². The summed E-state index contributed by atoms with van der Waals surface area (Å²) in [5.74, 6) is -0.112. The fourth-order valence-electron chi connectivity index (χ4n) is 1.35. The van der Waals surface area contributed by atoms with Gasteiger partial charge >= 0.3 is 0 Å². The van der Waals surface area contributed by atoms with E-state index < -0.39 is 0 Å². The van der Waals surface area contributed by atoms with Crippen molar-refractivity contribution in [1.82, 2.24) is 0 Å². The number of hydrogen-bond donors (Lipinski definition) is 1. The average Bonchev–Trinajstić information content (AvgIpc) is 2.84. The Morgan fingerprint density at radius 2 is 2.00 bits per heavy atom. The Morgan fingerprint density at radius 3 is 2.54 bits per heavy atom. The van der Waals surface area contributed by atoms with Crippen LogP contribution in [0.2, 0.25) is 0 Å². The number of hydrogen-bond acceptors (Lipinski definition) is 1. The van der Waals surface area contributed by atoms with Gasteiger partial charge in [-0.3, -0.25) is 0 Å². The summed E-state index contributed by atoms with van der Waals surface area (Å²) >= 11 is 0. The molecule has 0 saturated heterocycles. The number of benzene rings is 1. The zero-order valence-corrected chi connectivity index (χ0v) is 7.28. The van der Waals surface area contributed by atoms with Crippen LogP contribution in [-0.2, 0) is 0 Å². The van der Waals surface area contributed by atoms with E-state index in [1.54, 1.807) is 6.08 Å². The molecule has 1 aromatic rings. The van der Waals surface area contributed by atoms with Crippen LogP contribution in [0, 0.1) is 5.92 Å². The number of nitrogens with two attached hydrogens (primary N) is 1. The van der Waals surface area contributed by atoms with E-state index in [9.17, 15) is 4.39 Å². The van der Waals surface area contributed by atoms with E-state index in [0.717, 1.165) is 12.0 Å². The van der Waals surface area contributed by atoms with E-state index in [1.807, 2.05) is 30.3 Å². The molecule has 2 heteroatoms. The molecule has 0 heterocycles. The molecule has 1 saturated carbocycles. The lowest BCUT2D eigenvalue weighted by atomic mass is 10.2. The maximum absolute atomic E-state index is 13.3. The van der Waals surface area contributed by atoms with Crippen LogP contribution >= 0.6 is 0 Å². The van der Waals surface area contributed by atoms with Gasteiger partial charge in [-0.15, -0.1) is 0 Å². The predicted molar refractivity (Wildman–Crippen MR) is 51.6 cm³/mol. The summed E-state index contributed by atoms with van der Waals surface area (Å²) in [6.07, 6.45) is 2.35. The number of rotatable bonds is 2. The van der Waals surface area contributed by atoms with E-state index in [2.05, 4.69) is 0 Å². The molecular formula is C11H12FN. The Balaban J connectivity index is 2.12. The summed E-state index contributed by atoms with van der Waals surface area (Å²) in [7, 11) is 0. The first kappa shape index (κ1) is 8.45. The van der Waals surface area contributed by atoms with Gasteiger partial charge in [0.15, 0.2) is 0 Å². The Labute approximate surface area is 77.1 Å². The van der Waals surface area contributed by atoms with Crippen LogP contribution in [0.1, 0.15) is 12.0 Å². The molecule has 0 amide bonds. The third kappa shape index (κ3) is 1.95. The van der Waals surface area contributed by atoms with Gasteiger partial charge in [0.05, 0.1) is 0 Å². The highest BCUT2D eigenvalue weighted by Crippen LogP contribution is 2.36. The van der Waals surface area contributed by atoms with Crippen LogP contribution < -0.4 is 5.73 Å². The SMILES string of the molecule is NC1CC1/C(F)=C/c1ccccc1. The van der Waals surface area contributed by atoms with E-state index in [4.69, 9.17) is 5.73 Å². The summed E-state index contributed by atoms with van der Waals surface area (Å²) < 4.78 is 13.3. The standard InChI is InChI=1S/C11H12FN/c12-10(9-7-11(9)13)6-8-4-2-1-3-5-8/h1-6,9,11H,7,13H2/b10-6-. The van der Waals surface area contributed by atoms with Gasteiger partial charge in [0.1, 0.15) is 5.83 Å². The van der Waals surface area contributed by atoms with Crippen LogP contribution in [-0.4, -0.2) is 6.04 Å². The second-order valence-electron chi connectivity index (χ2n) is 3.45. The first-order chi connectivity index (χ1) is 6.27. The highest BCUT2D eigenvalue weighted by molar-refractivity contribution is 5.52. The monoisotopic (exact) mass is 177 g/mol. The van der Waals surface area contributed by atoms with Gasteiger partial charge in [-0.25, -0.2) is 4.39 Å². The molecule has 2 N–H and O–H groups in total. The van der Waals surface area contributed by atoms with Crippen molar-refractivity contribution in [2.24, 2.45) is 11.7 Å². The fourth-order valence-corrected chi connectivity index (χ4v) is 1.35. The molecule has 13 heavy (non-hydrogen) atoms. The van der Waals surface area contributed by atoms with Crippen molar-refractivity contribution in [2.45, 2.75) is 12.5 Å². The van der Waals surface area contributed by atoms with Crippen molar-refractivity contribution >= 4 is 6.08 Å². The largest absolute Gasteiger partial charge is 0.327 e. The quantitative estimate of drug-likeness (QED) is 0.737. The minimum Gasteiger partial charge on any atom is -0.327 e. The molecule has 1 aliphatic carbocycles. The molecule has 0 aliphatic heterocycles. The molecule has 68 valence electrons.